The maximum absolute atomic E-state index is 15.3. The molecular weight excluding hydrogens is 513 g/mol. The van der Waals surface area contributed by atoms with Gasteiger partial charge in [-0.1, -0.05) is 31.2 Å². The Bertz CT molecular complexity index is 1290. The Morgan fingerprint density at radius 3 is 2.44 bits per heavy atom. The molecule has 3 heterocycles. The summed E-state index contributed by atoms with van der Waals surface area (Å²) in [5.41, 5.74) is 4.73. The summed E-state index contributed by atoms with van der Waals surface area (Å²) in [6, 6.07) is 16.0. The van der Waals surface area contributed by atoms with Crippen LogP contribution in [-0.2, 0) is 17.7 Å². The van der Waals surface area contributed by atoms with Gasteiger partial charge in [0.1, 0.15) is 5.82 Å². The molecule has 0 spiro atoms. The van der Waals surface area contributed by atoms with Gasteiger partial charge in [0.05, 0.1) is 24.6 Å². The lowest BCUT2D eigenvalue weighted by atomic mass is 10.1. The molecule has 2 saturated heterocycles. The van der Waals surface area contributed by atoms with Gasteiger partial charge in [-0.05, 0) is 71.9 Å². The summed E-state index contributed by atoms with van der Waals surface area (Å²) in [5.74, 6) is 1.17. The van der Waals surface area contributed by atoms with Crippen molar-refractivity contribution in [3.8, 4) is 5.06 Å². The average molecular weight is 550 g/mol. The number of rotatable bonds is 8. The summed E-state index contributed by atoms with van der Waals surface area (Å²) in [4.78, 5) is 19.6. The van der Waals surface area contributed by atoms with Crippen LogP contribution in [-0.4, -0.2) is 56.9 Å². The van der Waals surface area contributed by atoms with Gasteiger partial charge in [0.25, 0.3) is 0 Å². The number of benzene rings is 2. The molecule has 1 aromatic heterocycles. The predicted octanol–water partition coefficient (Wildman–Crippen LogP) is 5.98. The van der Waals surface area contributed by atoms with Crippen molar-refractivity contribution >= 4 is 28.8 Å². The van der Waals surface area contributed by atoms with Crippen LogP contribution in [0, 0.1) is 30.5 Å². The van der Waals surface area contributed by atoms with Crippen molar-refractivity contribution in [3.63, 3.8) is 0 Å². The molecule has 2 aromatic carbocycles. The van der Waals surface area contributed by atoms with Crippen LogP contribution >= 0.6 is 11.3 Å². The Morgan fingerprint density at radius 1 is 1.08 bits per heavy atom. The molecule has 1 aliphatic carbocycles. The van der Waals surface area contributed by atoms with E-state index in [1.165, 1.54) is 28.5 Å². The van der Waals surface area contributed by atoms with E-state index in [0.29, 0.717) is 67.0 Å². The minimum atomic E-state index is -0.447. The molecular formula is C31H36FN3O3S. The van der Waals surface area contributed by atoms with E-state index in [1.807, 2.05) is 29.3 Å². The molecule has 2 atom stereocenters. The zero-order chi connectivity index (χ0) is 26.9. The highest BCUT2D eigenvalue weighted by Gasteiger charge is 2.56. The monoisotopic (exact) mass is 549 g/mol. The Kier molecular flexibility index (Phi) is 7.60. The van der Waals surface area contributed by atoms with Crippen molar-refractivity contribution in [2.45, 2.75) is 26.8 Å². The number of anilines is 2. The van der Waals surface area contributed by atoms with Gasteiger partial charge < -0.3 is 14.4 Å². The van der Waals surface area contributed by atoms with Crippen LogP contribution in [0.5, 0.6) is 5.06 Å². The Labute approximate surface area is 233 Å². The number of carbonyl (C=O) groups is 1. The van der Waals surface area contributed by atoms with Crippen LogP contribution in [0.3, 0.4) is 0 Å². The molecule has 8 heteroatoms. The molecule has 0 N–H and O–H groups in total. The second-order valence-corrected chi connectivity index (χ2v) is 11.8. The van der Waals surface area contributed by atoms with Crippen molar-refractivity contribution in [3.05, 3.63) is 76.4 Å². The topological polar surface area (TPSA) is 45.2 Å². The van der Waals surface area contributed by atoms with E-state index in [2.05, 4.69) is 36.1 Å². The lowest BCUT2D eigenvalue weighted by Gasteiger charge is -2.30. The van der Waals surface area contributed by atoms with Gasteiger partial charge in [0.15, 0.2) is 5.06 Å². The Balaban J connectivity index is 1.14. The van der Waals surface area contributed by atoms with Crippen molar-refractivity contribution < 1.29 is 18.7 Å². The summed E-state index contributed by atoms with van der Waals surface area (Å²) in [6.45, 7) is 10.2. The standard InChI is InChI=1S/C31H36FN3O3S/c1-3-22-4-6-23(7-5-22)17-33-18-25-26(19-33)27(25)20-35(31(36)38-30-21(2)10-15-39-30)24-8-9-29(28(32)16-24)34-11-13-37-14-12-34/h4-10,15-16,25-27H,3,11-14,17-20H2,1-2H3. The van der Waals surface area contributed by atoms with Crippen LogP contribution in [0.2, 0.25) is 0 Å². The van der Waals surface area contributed by atoms with Gasteiger partial charge >= 0.3 is 6.09 Å². The molecule has 3 fully saturated rings. The van der Waals surface area contributed by atoms with E-state index in [9.17, 15) is 4.79 Å². The molecule has 39 heavy (non-hydrogen) atoms. The van der Waals surface area contributed by atoms with E-state index in [1.54, 1.807) is 11.0 Å². The van der Waals surface area contributed by atoms with E-state index in [-0.39, 0.29) is 5.82 Å². The van der Waals surface area contributed by atoms with Crippen LogP contribution in [0.15, 0.2) is 53.9 Å². The zero-order valence-electron chi connectivity index (χ0n) is 22.6. The van der Waals surface area contributed by atoms with Gasteiger partial charge in [-0.3, -0.25) is 9.80 Å². The molecule has 1 amide bonds. The first-order valence-electron chi connectivity index (χ1n) is 14.0. The molecule has 206 valence electrons. The van der Waals surface area contributed by atoms with E-state index in [0.717, 1.165) is 31.6 Å². The molecule has 3 aliphatic rings. The highest BCUT2D eigenvalue weighted by molar-refractivity contribution is 7.12. The lowest BCUT2D eigenvalue weighted by molar-refractivity contribution is 0.122. The summed E-state index contributed by atoms with van der Waals surface area (Å²) in [5, 5.41) is 2.50. The number of morpholine rings is 1. The fraction of sp³-hybridized carbons (Fsp3) is 0.452. The minimum Gasteiger partial charge on any atom is -0.399 e. The smallest absolute Gasteiger partial charge is 0.399 e. The first kappa shape index (κ1) is 26.3. The summed E-state index contributed by atoms with van der Waals surface area (Å²) >= 11 is 1.40. The van der Waals surface area contributed by atoms with Gasteiger partial charge in [-0.2, -0.15) is 0 Å². The summed E-state index contributed by atoms with van der Waals surface area (Å²) < 4.78 is 26.5. The molecule has 2 aliphatic heterocycles. The number of piperidine rings is 1. The second-order valence-electron chi connectivity index (χ2n) is 11.0. The molecule has 3 aromatic rings. The maximum atomic E-state index is 15.3. The number of thiophene rings is 1. The zero-order valence-corrected chi connectivity index (χ0v) is 23.5. The van der Waals surface area contributed by atoms with Crippen LogP contribution < -0.4 is 14.5 Å². The molecule has 6 rings (SSSR count). The number of likely N-dealkylation sites (tertiary alicyclic amines) is 1. The SMILES string of the molecule is CCc1ccc(CN2CC3C(C2)C3CN(C(=O)Oc2sccc2C)c2ccc(N3CCOCC3)c(F)c2)cc1. The number of nitrogens with zero attached hydrogens (tertiary/aromatic N) is 3. The van der Waals surface area contributed by atoms with Crippen molar-refractivity contribution in [1.82, 2.24) is 4.90 Å². The third-order valence-corrected chi connectivity index (χ3v) is 9.38. The quantitative estimate of drug-likeness (QED) is 0.346. The fourth-order valence-corrected chi connectivity index (χ4v) is 6.86. The first-order chi connectivity index (χ1) is 19.0. The van der Waals surface area contributed by atoms with Crippen molar-refractivity contribution in [2.24, 2.45) is 17.8 Å². The van der Waals surface area contributed by atoms with E-state index < -0.39 is 6.09 Å². The lowest BCUT2D eigenvalue weighted by Crippen LogP contribution is -2.38. The average Bonchev–Trinajstić information content (AvgIpc) is 3.22. The highest BCUT2D eigenvalue weighted by atomic mass is 32.1. The molecule has 2 unspecified atom stereocenters. The Morgan fingerprint density at radius 2 is 1.79 bits per heavy atom. The van der Waals surface area contributed by atoms with Crippen LogP contribution in [0.25, 0.3) is 0 Å². The first-order valence-corrected chi connectivity index (χ1v) is 14.8. The molecule has 1 saturated carbocycles. The number of aryl methyl sites for hydroxylation is 2. The number of hydrogen-bond donors (Lipinski definition) is 0. The second kappa shape index (κ2) is 11.3. The number of hydrogen-bond acceptors (Lipinski definition) is 6. The number of ether oxygens (including phenoxy) is 2. The number of amides is 1. The number of halogens is 1. The maximum Gasteiger partial charge on any atom is 0.420 e. The molecule has 0 radical (unpaired) electrons. The largest absolute Gasteiger partial charge is 0.420 e. The van der Waals surface area contributed by atoms with Crippen LogP contribution in [0.1, 0.15) is 23.6 Å². The van der Waals surface area contributed by atoms with Crippen molar-refractivity contribution in [2.75, 3.05) is 55.7 Å². The predicted molar refractivity (Wildman–Crippen MR) is 153 cm³/mol. The number of carbonyl (C=O) groups excluding carboxylic acids is 1. The van der Waals surface area contributed by atoms with Crippen molar-refractivity contribution in [1.29, 1.82) is 0 Å². The molecule has 6 nitrogen and oxygen atoms in total. The van der Waals surface area contributed by atoms with Gasteiger partial charge in [0, 0.05) is 44.8 Å². The third-order valence-electron chi connectivity index (χ3n) is 8.49. The van der Waals surface area contributed by atoms with Gasteiger partial charge in [-0.25, -0.2) is 9.18 Å². The number of fused-ring (bicyclic) bond motifs is 1. The normalized spacial score (nSPS) is 22.5. The van der Waals surface area contributed by atoms with E-state index >= 15 is 4.39 Å². The fourth-order valence-electron chi connectivity index (χ4n) is 6.09. The summed E-state index contributed by atoms with van der Waals surface area (Å²) in [6.07, 6.45) is 0.609. The van der Waals surface area contributed by atoms with Gasteiger partial charge in [-0.15, -0.1) is 11.3 Å². The van der Waals surface area contributed by atoms with E-state index in [4.69, 9.17) is 9.47 Å². The Hall–Kier alpha value is -2.94. The third kappa shape index (κ3) is 5.69. The summed E-state index contributed by atoms with van der Waals surface area (Å²) in [7, 11) is 0. The van der Waals surface area contributed by atoms with Crippen LogP contribution in [0.4, 0.5) is 20.6 Å². The van der Waals surface area contributed by atoms with Gasteiger partial charge in [0.2, 0.25) is 0 Å². The highest BCUT2D eigenvalue weighted by Crippen LogP contribution is 2.52. The molecule has 0 bridgehead atoms. The minimum absolute atomic E-state index is 0.323.